The van der Waals surface area contributed by atoms with Crippen LogP contribution in [0, 0.1) is 17.3 Å². The van der Waals surface area contributed by atoms with Crippen LogP contribution in [0.25, 0.3) is 0 Å². The van der Waals surface area contributed by atoms with Crippen molar-refractivity contribution in [2.45, 2.75) is 82.1 Å². The summed E-state index contributed by atoms with van der Waals surface area (Å²) in [4.78, 5) is 2.79. The third kappa shape index (κ3) is 2.33. The van der Waals surface area contributed by atoms with Gasteiger partial charge in [-0.05, 0) is 75.5 Å². The van der Waals surface area contributed by atoms with Crippen LogP contribution in [-0.4, -0.2) is 61.2 Å². The normalized spacial score (nSPS) is 43.9. The first-order valence-corrected chi connectivity index (χ1v) is 12.1. The van der Waals surface area contributed by atoms with Crippen molar-refractivity contribution in [3.8, 4) is 11.5 Å². The molecule has 5 nitrogen and oxygen atoms in total. The van der Waals surface area contributed by atoms with Crippen LogP contribution < -0.4 is 9.47 Å². The quantitative estimate of drug-likeness (QED) is 0.779. The van der Waals surface area contributed by atoms with Gasteiger partial charge in [-0.1, -0.05) is 13.0 Å². The molecule has 2 bridgehead atoms. The third-order valence-corrected chi connectivity index (χ3v) is 10.1. The largest absolute Gasteiger partial charge is 0.493 e. The van der Waals surface area contributed by atoms with E-state index >= 15 is 0 Å². The minimum atomic E-state index is -0.560. The predicted molar refractivity (Wildman–Crippen MR) is 119 cm³/mol. The minimum absolute atomic E-state index is 0.0193. The summed E-state index contributed by atoms with van der Waals surface area (Å²) in [6.45, 7) is 8.93. The van der Waals surface area contributed by atoms with E-state index in [4.69, 9.17) is 14.2 Å². The molecule has 3 fully saturated rings. The van der Waals surface area contributed by atoms with Crippen LogP contribution in [0.15, 0.2) is 12.1 Å². The Hall–Kier alpha value is -1.30. The van der Waals surface area contributed by atoms with Gasteiger partial charge in [-0.25, -0.2) is 0 Å². The molecule has 1 spiro atoms. The van der Waals surface area contributed by atoms with Crippen LogP contribution in [0.1, 0.15) is 57.6 Å². The van der Waals surface area contributed by atoms with Gasteiger partial charge in [0, 0.05) is 36.6 Å². The van der Waals surface area contributed by atoms with Crippen molar-refractivity contribution >= 4 is 0 Å². The maximum atomic E-state index is 10.9. The number of hydrogen-bond acceptors (Lipinski definition) is 5. The summed E-state index contributed by atoms with van der Waals surface area (Å²) in [5, 5.41) is 10.9. The summed E-state index contributed by atoms with van der Waals surface area (Å²) in [6.07, 6.45) is 5.28. The van der Waals surface area contributed by atoms with Gasteiger partial charge in [0.15, 0.2) is 11.5 Å². The summed E-state index contributed by atoms with van der Waals surface area (Å²) in [6, 6.07) is 4.84. The van der Waals surface area contributed by atoms with Crippen LogP contribution in [0.5, 0.6) is 11.5 Å². The standard InChI is InChI=1S/C26H37NO4/c1-15(28)18-13-24(2)20-12-17-8-9-19(29-4)22-21(17)26(24,23(31-22)25(18,3)30-5)10-11-27(20)14-16-6-7-16/h8-9,15-16,18,20,23,28H,6-7,10-14H2,1-5H3/t15?,18-,20-,23+,24-,25-,26+/m1/s1. The van der Waals surface area contributed by atoms with Crippen LogP contribution in [0.3, 0.4) is 0 Å². The van der Waals surface area contributed by atoms with E-state index in [9.17, 15) is 5.11 Å². The van der Waals surface area contributed by atoms with E-state index in [0.717, 1.165) is 43.2 Å². The Labute approximate surface area is 186 Å². The summed E-state index contributed by atoms with van der Waals surface area (Å²) in [7, 11) is 3.53. The Morgan fingerprint density at radius 2 is 2.03 bits per heavy atom. The van der Waals surface area contributed by atoms with E-state index in [-0.39, 0.29) is 22.9 Å². The van der Waals surface area contributed by atoms with E-state index in [1.165, 1.54) is 30.5 Å². The van der Waals surface area contributed by atoms with Crippen molar-refractivity contribution < 1.29 is 19.3 Å². The number of rotatable bonds is 5. The van der Waals surface area contributed by atoms with Crippen molar-refractivity contribution in [2.75, 3.05) is 27.3 Å². The second kappa shape index (κ2) is 6.39. The second-order valence-corrected chi connectivity index (χ2v) is 11.4. The Balaban J connectivity index is 1.59. The van der Waals surface area contributed by atoms with Crippen molar-refractivity contribution in [3.05, 3.63) is 23.3 Å². The second-order valence-electron chi connectivity index (χ2n) is 11.4. The molecule has 2 aliphatic heterocycles. The van der Waals surface area contributed by atoms with Gasteiger partial charge in [-0.15, -0.1) is 0 Å². The number of methoxy groups -OCH3 is 2. The molecular weight excluding hydrogens is 390 g/mol. The topological polar surface area (TPSA) is 51.2 Å². The predicted octanol–water partition coefficient (Wildman–Crippen LogP) is 3.55. The number of ether oxygens (including phenoxy) is 3. The smallest absolute Gasteiger partial charge is 0.165 e. The van der Waals surface area contributed by atoms with E-state index in [2.05, 4.69) is 30.9 Å². The lowest BCUT2D eigenvalue weighted by Gasteiger charge is -2.69. The number of hydrogen-bond donors (Lipinski definition) is 1. The van der Waals surface area contributed by atoms with Crippen LogP contribution >= 0.6 is 0 Å². The Bertz CT molecular complexity index is 913. The lowest BCUT2D eigenvalue weighted by Crippen LogP contribution is -2.77. The highest BCUT2D eigenvalue weighted by Gasteiger charge is 2.76. The molecule has 31 heavy (non-hydrogen) atoms. The first-order valence-electron chi connectivity index (χ1n) is 12.1. The molecule has 1 unspecified atom stereocenters. The highest BCUT2D eigenvalue weighted by Crippen LogP contribution is 2.72. The maximum Gasteiger partial charge on any atom is 0.165 e. The van der Waals surface area contributed by atoms with Crippen LogP contribution in [-0.2, 0) is 16.6 Å². The van der Waals surface area contributed by atoms with E-state index in [1.807, 2.05) is 6.92 Å². The number of likely N-dealkylation sites (tertiary alicyclic amines) is 1. The van der Waals surface area contributed by atoms with Crippen molar-refractivity contribution in [1.82, 2.24) is 4.90 Å². The molecule has 170 valence electrons. The number of nitrogens with zero attached hydrogens (tertiary/aromatic N) is 1. The van der Waals surface area contributed by atoms with Crippen molar-refractivity contribution in [3.63, 3.8) is 0 Å². The summed E-state index contributed by atoms with van der Waals surface area (Å²) in [5.74, 6) is 2.66. The highest BCUT2D eigenvalue weighted by atomic mass is 16.6. The van der Waals surface area contributed by atoms with Crippen LogP contribution in [0.4, 0.5) is 0 Å². The molecule has 1 saturated heterocycles. The van der Waals surface area contributed by atoms with E-state index in [1.54, 1.807) is 14.2 Å². The molecule has 2 saturated carbocycles. The molecule has 7 atom stereocenters. The van der Waals surface area contributed by atoms with Crippen molar-refractivity contribution in [1.29, 1.82) is 0 Å². The molecule has 5 aliphatic rings. The van der Waals surface area contributed by atoms with Gasteiger partial charge in [-0.3, -0.25) is 4.90 Å². The fourth-order valence-corrected chi connectivity index (χ4v) is 8.29. The number of aliphatic hydroxyl groups is 1. The van der Waals surface area contributed by atoms with E-state index < -0.39 is 11.7 Å². The third-order valence-electron chi connectivity index (χ3n) is 10.1. The Morgan fingerprint density at radius 3 is 2.68 bits per heavy atom. The zero-order valence-electron chi connectivity index (χ0n) is 19.6. The first-order chi connectivity index (χ1) is 14.8. The van der Waals surface area contributed by atoms with Crippen LogP contribution in [0.2, 0.25) is 0 Å². The zero-order chi connectivity index (χ0) is 21.8. The van der Waals surface area contributed by atoms with Gasteiger partial charge >= 0.3 is 0 Å². The molecule has 1 aromatic carbocycles. The molecule has 0 radical (unpaired) electrons. The van der Waals surface area contributed by atoms with Gasteiger partial charge in [0.05, 0.1) is 13.2 Å². The first kappa shape index (κ1) is 20.3. The molecule has 2 heterocycles. The molecule has 1 aromatic rings. The van der Waals surface area contributed by atoms with Gasteiger partial charge in [-0.2, -0.15) is 0 Å². The van der Waals surface area contributed by atoms with E-state index in [0.29, 0.717) is 6.04 Å². The lowest BCUT2D eigenvalue weighted by atomic mass is 9.40. The molecule has 3 aliphatic carbocycles. The monoisotopic (exact) mass is 427 g/mol. The lowest BCUT2D eigenvalue weighted by molar-refractivity contribution is -0.239. The van der Waals surface area contributed by atoms with Crippen molar-refractivity contribution in [2.24, 2.45) is 17.3 Å². The molecule has 5 heteroatoms. The summed E-state index contributed by atoms with van der Waals surface area (Å²) in [5.41, 5.74) is 2.17. The van der Waals surface area contributed by atoms with Gasteiger partial charge in [0.25, 0.3) is 0 Å². The average molecular weight is 428 g/mol. The number of piperidine rings is 1. The van der Waals surface area contributed by atoms with Gasteiger partial charge in [0.2, 0.25) is 0 Å². The minimum Gasteiger partial charge on any atom is -0.493 e. The number of benzene rings is 1. The zero-order valence-corrected chi connectivity index (χ0v) is 19.6. The highest BCUT2D eigenvalue weighted by molar-refractivity contribution is 5.62. The molecule has 6 rings (SSSR count). The SMILES string of the molecule is COc1ccc2c3c1O[C@H]1[C@](C)(OC)[C@@H](C(C)O)C[C@]4(C)[C@@H](C2)N(CC2CC2)CC[C@]314. The molecular formula is C26H37NO4. The summed E-state index contributed by atoms with van der Waals surface area (Å²) >= 11 is 0. The average Bonchev–Trinajstić information content (AvgIpc) is 3.49. The molecule has 0 aromatic heterocycles. The maximum absolute atomic E-state index is 10.9. The fraction of sp³-hybridized carbons (Fsp3) is 0.769. The van der Waals surface area contributed by atoms with Gasteiger partial charge < -0.3 is 19.3 Å². The number of aliphatic hydroxyl groups excluding tert-OH is 1. The Morgan fingerprint density at radius 1 is 1.26 bits per heavy atom. The fourth-order valence-electron chi connectivity index (χ4n) is 8.29. The summed E-state index contributed by atoms with van der Waals surface area (Å²) < 4.78 is 19.0. The Kier molecular flexibility index (Phi) is 4.19. The van der Waals surface area contributed by atoms with Gasteiger partial charge in [0.1, 0.15) is 11.7 Å². The molecule has 1 N–H and O–H groups in total. The molecule has 0 amide bonds.